The van der Waals surface area contributed by atoms with E-state index in [9.17, 15) is 9.90 Å². The summed E-state index contributed by atoms with van der Waals surface area (Å²) in [6, 6.07) is 29.1. The van der Waals surface area contributed by atoms with Gasteiger partial charge in [0.25, 0.3) is 0 Å². The Balaban J connectivity index is 2.55. The van der Waals surface area contributed by atoms with Crippen molar-refractivity contribution in [2.75, 3.05) is 14.2 Å². The molecular formula is C24H21O4P. The lowest BCUT2D eigenvalue weighted by molar-refractivity contribution is -0.352. The maximum atomic E-state index is 13.0. The van der Waals surface area contributed by atoms with Crippen molar-refractivity contribution in [1.29, 1.82) is 0 Å². The summed E-state index contributed by atoms with van der Waals surface area (Å²) in [5, 5.41) is 15.1. The fraction of sp³-hybridized carbons (Fsp3) is 0.0833. The molecule has 0 aliphatic heterocycles. The van der Waals surface area contributed by atoms with Crippen LogP contribution in [0.15, 0.2) is 108 Å². The van der Waals surface area contributed by atoms with Crippen LogP contribution in [0.25, 0.3) is 0 Å². The van der Waals surface area contributed by atoms with Gasteiger partial charge < -0.3 is 14.6 Å². The number of hydrogen-bond donors (Lipinski definition) is 0. The van der Waals surface area contributed by atoms with Gasteiger partial charge in [0.1, 0.15) is 21.9 Å². The first kappa shape index (κ1) is 20.4. The molecule has 29 heavy (non-hydrogen) atoms. The summed E-state index contributed by atoms with van der Waals surface area (Å²) in [7, 11) is -0.209. The molecule has 4 nitrogen and oxygen atoms in total. The minimum Gasteiger partial charge on any atom is -0.611 e. The Morgan fingerprint density at radius 2 is 1.10 bits per heavy atom. The highest BCUT2D eigenvalue weighted by atomic mass is 31.2. The van der Waals surface area contributed by atoms with E-state index in [2.05, 4.69) is 5.73 Å². The molecule has 3 aromatic carbocycles. The number of ether oxygens (including phenoxy) is 2. The Bertz CT molecular complexity index is 928. The van der Waals surface area contributed by atoms with Crippen LogP contribution in [0.3, 0.4) is 0 Å². The summed E-state index contributed by atoms with van der Waals surface area (Å²) >= 11 is 0. The summed E-state index contributed by atoms with van der Waals surface area (Å²) < 4.78 is 9.93. The van der Waals surface area contributed by atoms with Crippen LogP contribution >= 0.6 is 7.26 Å². The number of esters is 1. The third-order valence-corrected chi connectivity index (χ3v) is 8.73. The van der Waals surface area contributed by atoms with Crippen molar-refractivity contribution in [1.82, 2.24) is 0 Å². The molecule has 5 heteroatoms. The third-order valence-electron chi connectivity index (χ3n) is 4.55. The number of carbonyl (C=O) groups excluding carboxylic acids is 1. The van der Waals surface area contributed by atoms with Crippen LogP contribution in [0.5, 0.6) is 0 Å². The lowest BCUT2D eigenvalue weighted by Crippen LogP contribution is -2.34. The van der Waals surface area contributed by atoms with Crippen LogP contribution in [0, 0.1) is 0 Å². The number of benzene rings is 3. The van der Waals surface area contributed by atoms with Crippen LogP contribution in [0.1, 0.15) is 0 Å². The standard InChI is InChI=1S/C24H21O4P/c1-27-23(25)18-22(24(26)28-2)29(19-12-6-3-7-13-19,20-14-8-4-9-15-20)21-16-10-5-11-17-21/h3-17H,1-2H3. The number of rotatable bonds is 6. The van der Waals surface area contributed by atoms with E-state index in [1.54, 1.807) is 0 Å². The molecule has 0 aliphatic rings. The van der Waals surface area contributed by atoms with Crippen LogP contribution in [0.2, 0.25) is 0 Å². The Labute approximate surface area is 171 Å². The van der Waals surface area contributed by atoms with Gasteiger partial charge in [0.15, 0.2) is 7.26 Å². The highest BCUT2D eigenvalue weighted by molar-refractivity contribution is 7.99. The Morgan fingerprint density at radius 1 is 0.724 bits per heavy atom. The molecule has 0 saturated carbocycles. The fourth-order valence-corrected chi connectivity index (χ4v) is 7.46. The highest BCUT2D eigenvalue weighted by Gasteiger charge is 2.53. The largest absolute Gasteiger partial charge is 0.611 e. The molecule has 0 spiro atoms. The van der Waals surface area contributed by atoms with E-state index in [0.29, 0.717) is 0 Å². The maximum absolute atomic E-state index is 13.0. The molecule has 0 atom stereocenters. The van der Waals surface area contributed by atoms with Gasteiger partial charge in [0.05, 0.1) is 7.11 Å². The van der Waals surface area contributed by atoms with Crippen molar-refractivity contribution in [2.45, 2.75) is 0 Å². The SMILES string of the molecule is COC(=O)C(=C=C([O-])OC)[P+](c1ccccc1)(c1ccccc1)c1ccccc1. The Hall–Kier alpha value is -3.32. The van der Waals surface area contributed by atoms with Crippen molar-refractivity contribution in [2.24, 2.45) is 0 Å². The van der Waals surface area contributed by atoms with Gasteiger partial charge >= 0.3 is 5.97 Å². The van der Waals surface area contributed by atoms with E-state index in [1.807, 2.05) is 91.0 Å². The fourth-order valence-electron chi connectivity index (χ4n) is 3.31. The minimum absolute atomic E-state index is 0.162. The Kier molecular flexibility index (Phi) is 6.51. The molecule has 0 saturated heterocycles. The second-order valence-electron chi connectivity index (χ2n) is 6.13. The lowest BCUT2D eigenvalue weighted by atomic mass is 10.3. The van der Waals surface area contributed by atoms with Crippen LogP contribution < -0.4 is 21.0 Å². The van der Waals surface area contributed by atoms with Gasteiger partial charge in [-0.1, -0.05) is 54.6 Å². The summed E-state index contributed by atoms with van der Waals surface area (Å²) in [6.07, 6.45) is 0. The predicted molar refractivity (Wildman–Crippen MR) is 115 cm³/mol. The molecule has 0 amide bonds. The van der Waals surface area contributed by atoms with E-state index < -0.39 is 19.2 Å². The molecule has 0 N–H and O–H groups in total. The zero-order valence-electron chi connectivity index (χ0n) is 16.2. The molecule has 0 heterocycles. The number of methoxy groups -OCH3 is 2. The molecule has 3 aromatic rings. The summed E-state index contributed by atoms with van der Waals surface area (Å²) in [5.74, 6) is -1.34. The van der Waals surface area contributed by atoms with Gasteiger partial charge in [-0.25, -0.2) is 4.79 Å². The van der Waals surface area contributed by atoms with E-state index in [4.69, 9.17) is 9.47 Å². The summed E-state index contributed by atoms with van der Waals surface area (Å²) in [4.78, 5) is 13.0. The van der Waals surface area contributed by atoms with Crippen LogP contribution in [0.4, 0.5) is 0 Å². The zero-order valence-corrected chi connectivity index (χ0v) is 17.1. The average Bonchev–Trinajstić information content (AvgIpc) is 2.80. The van der Waals surface area contributed by atoms with Gasteiger partial charge in [-0.2, -0.15) is 0 Å². The molecule has 0 aliphatic carbocycles. The van der Waals surface area contributed by atoms with Crippen molar-refractivity contribution in [3.8, 4) is 0 Å². The van der Waals surface area contributed by atoms with Crippen LogP contribution in [-0.4, -0.2) is 20.2 Å². The number of hydrogen-bond acceptors (Lipinski definition) is 4. The van der Waals surface area contributed by atoms with E-state index in [-0.39, 0.29) is 5.31 Å². The number of carbonyl (C=O) groups is 1. The van der Waals surface area contributed by atoms with Gasteiger partial charge in [-0.05, 0) is 49.2 Å². The lowest BCUT2D eigenvalue weighted by Gasteiger charge is -2.27. The van der Waals surface area contributed by atoms with Gasteiger partial charge in [0.2, 0.25) is 5.31 Å². The monoisotopic (exact) mass is 404 g/mol. The normalized spacial score (nSPS) is 10.6. The quantitative estimate of drug-likeness (QED) is 0.208. The maximum Gasteiger partial charge on any atom is 0.383 e. The Morgan fingerprint density at radius 3 is 1.41 bits per heavy atom. The molecule has 0 fully saturated rings. The predicted octanol–water partition coefficient (Wildman–Crippen LogP) is 2.48. The van der Waals surface area contributed by atoms with Crippen molar-refractivity contribution < 1.29 is 19.4 Å². The zero-order chi connectivity index (χ0) is 20.7. The molecular weight excluding hydrogens is 383 g/mol. The molecule has 0 bridgehead atoms. The second kappa shape index (κ2) is 9.25. The van der Waals surface area contributed by atoms with E-state index in [1.165, 1.54) is 14.2 Å². The molecule has 146 valence electrons. The second-order valence-corrected chi connectivity index (χ2v) is 9.47. The van der Waals surface area contributed by atoms with Crippen molar-refractivity contribution in [3.63, 3.8) is 0 Å². The minimum atomic E-state index is -2.77. The molecule has 0 radical (unpaired) electrons. The van der Waals surface area contributed by atoms with Crippen molar-refractivity contribution in [3.05, 3.63) is 108 Å². The van der Waals surface area contributed by atoms with E-state index >= 15 is 0 Å². The van der Waals surface area contributed by atoms with Gasteiger partial charge in [0, 0.05) is 0 Å². The first-order valence-corrected chi connectivity index (χ1v) is 10.8. The molecule has 3 rings (SSSR count). The van der Waals surface area contributed by atoms with Gasteiger partial charge in [-0.3, -0.25) is 0 Å². The van der Waals surface area contributed by atoms with E-state index in [0.717, 1.165) is 15.9 Å². The molecule has 0 aromatic heterocycles. The highest BCUT2D eigenvalue weighted by Crippen LogP contribution is 2.62. The topological polar surface area (TPSA) is 58.6 Å². The smallest absolute Gasteiger partial charge is 0.383 e. The third kappa shape index (κ3) is 3.95. The molecule has 0 unspecified atom stereocenters. The van der Waals surface area contributed by atoms with Crippen molar-refractivity contribution >= 4 is 29.1 Å². The first-order chi connectivity index (χ1) is 14.1. The first-order valence-electron chi connectivity index (χ1n) is 9.01. The summed E-state index contributed by atoms with van der Waals surface area (Å²) in [6.45, 7) is 0. The van der Waals surface area contributed by atoms with Crippen LogP contribution in [-0.2, 0) is 14.3 Å². The summed E-state index contributed by atoms with van der Waals surface area (Å²) in [5.41, 5.74) is 2.68. The van der Waals surface area contributed by atoms with Gasteiger partial charge in [-0.15, -0.1) is 0 Å². The average molecular weight is 404 g/mol.